The fraction of sp³-hybridized carbons (Fsp3) is 0.409. The van der Waals surface area contributed by atoms with Crippen LogP contribution in [0.15, 0.2) is 42.5 Å². The molecule has 4 nitrogen and oxygen atoms in total. The largest absolute Gasteiger partial charge is 0.493 e. The minimum atomic E-state index is 0.122. The van der Waals surface area contributed by atoms with Gasteiger partial charge in [0.25, 0.3) is 5.91 Å². The van der Waals surface area contributed by atoms with E-state index in [1.807, 2.05) is 30.3 Å². The van der Waals surface area contributed by atoms with E-state index in [1.165, 1.54) is 24.0 Å². The van der Waals surface area contributed by atoms with Crippen LogP contribution in [0.4, 0.5) is 0 Å². The minimum absolute atomic E-state index is 0.122. The van der Waals surface area contributed by atoms with Crippen LogP contribution in [0.5, 0.6) is 5.75 Å². The highest BCUT2D eigenvalue weighted by molar-refractivity contribution is 5.94. The van der Waals surface area contributed by atoms with Crippen LogP contribution in [0.2, 0.25) is 0 Å². The van der Waals surface area contributed by atoms with Crippen LogP contribution in [-0.4, -0.2) is 23.5 Å². The first-order chi connectivity index (χ1) is 12.7. The summed E-state index contributed by atoms with van der Waals surface area (Å²) in [6.45, 7) is 1.92. The lowest BCUT2D eigenvalue weighted by atomic mass is 10.0. The van der Waals surface area contributed by atoms with Gasteiger partial charge in [0.1, 0.15) is 5.75 Å². The van der Waals surface area contributed by atoms with Gasteiger partial charge in [-0.05, 0) is 47.7 Å². The van der Waals surface area contributed by atoms with E-state index in [0.717, 1.165) is 42.7 Å². The van der Waals surface area contributed by atoms with Crippen molar-refractivity contribution in [3.8, 4) is 5.75 Å². The number of benzene rings is 2. The number of carbonyl (C=O) groups is 1. The van der Waals surface area contributed by atoms with E-state index >= 15 is 0 Å². The van der Waals surface area contributed by atoms with E-state index in [0.29, 0.717) is 19.1 Å². The topological polar surface area (TPSA) is 55.6 Å². The molecule has 2 aromatic rings. The second kappa shape index (κ2) is 7.50. The first-order valence-corrected chi connectivity index (χ1v) is 9.59. The van der Waals surface area contributed by atoms with Crippen LogP contribution >= 0.6 is 0 Å². The van der Waals surface area contributed by atoms with Gasteiger partial charge in [-0.2, -0.15) is 0 Å². The van der Waals surface area contributed by atoms with Gasteiger partial charge in [0.05, 0.1) is 6.61 Å². The van der Waals surface area contributed by atoms with Crippen molar-refractivity contribution in [3.63, 3.8) is 0 Å². The van der Waals surface area contributed by atoms with Crippen LogP contribution in [0, 0.1) is 0 Å². The first-order valence-electron chi connectivity index (χ1n) is 9.59. The molecule has 1 saturated carbocycles. The number of amides is 1. The Morgan fingerprint density at radius 1 is 1.08 bits per heavy atom. The zero-order valence-corrected chi connectivity index (χ0v) is 15.1. The summed E-state index contributed by atoms with van der Waals surface area (Å²) in [7, 11) is 0. The monoisotopic (exact) mass is 350 g/mol. The van der Waals surface area contributed by atoms with Gasteiger partial charge in [0.15, 0.2) is 0 Å². The number of rotatable bonds is 5. The predicted molar refractivity (Wildman–Crippen MR) is 102 cm³/mol. The minimum Gasteiger partial charge on any atom is -0.493 e. The highest BCUT2D eigenvalue weighted by Crippen LogP contribution is 2.29. The fourth-order valence-electron chi connectivity index (χ4n) is 4.07. The number of hydrogen-bond acceptors (Lipinski definition) is 3. The molecule has 2 aliphatic rings. The molecule has 0 aromatic heterocycles. The molecule has 4 heteroatoms. The third kappa shape index (κ3) is 3.47. The molecule has 2 N–H and O–H groups in total. The standard InChI is InChI=1S/C22H26N2O2/c23-14-16-5-8-18(9-6-16)22(25)24(20-3-1-2-4-20)15-17-7-10-21-19(13-17)11-12-26-21/h5-10,13,20H,1-4,11-12,14-15,23H2. The number of fused-ring (bicyclic) bond motifs is 1. The average Bonchev–Trinajstić information content (AvgIpc) is 3.37. The van der Waals surface area contributed by atoms with Gasteiger partial charge in [-0.1, -0.05) is 37.1 Å². The average molecular weight is 350 g/mol. The molecule has 4 rings (SSSR count). The number of nitrogens with zero attached hydrogens (tertiary/aromatic N) is 1. The molecule has 0 spiro atoms. The van der Waals surface area contributed by atoms with E-state index in [9.17, 15) is 4.79 Å². The molecular formula is C22H26N2O2. The lowest BCUT2D eigenvalue weighted by Crippen LogP contribution is -2.38. The van der Waals surface area contributed by atoms with Gasteiger partial charge >= 0.3 is 0 Å². The summed E-state index contributed by atoms with van der Waals surface area (Å²) < 4.78 is 5.61. The highest BCUT2D eigenvalue weighted by atomic mass is 16.5. The maximum Gasteiger partial charge on any atom is 0.254 e. The van der Waals surface area contributed by atoms with Gasteiger partial charge in [-0.15, -0.1) is 0 Å². The molecule has 26 heavy (non-hydrogen) atoms. The third-order valence-electron chi connectivity index (χ3n) is 5.57. The predicted octanol–water partition coefficient (Wildman–Crippen LogP) is 3.67. The molecule has 1 heterocycles. The molecular weight excluding hydrogens is 324 g/mol. The molecule has 0 bridgehead atoms. The zero-order valence-electron chi connectivity index (χ0n) is 15.1. The van der Waals surface area contributed by atoms with E-state index < -0.39 is 0 Å². The number of ether oxygens (including phenoxy) is 1. The van der Waals surface area contributed by atoms with E-state index in [4.69, 9.17) is 10.5 Å². The van der Waals surface area contributed by atoms with Crippen molar-refractivity contribution in [3.05, 3.63) is 64.7 Å². The van der Waals surface area contributed by atoms with Gasteiger partial charge in [0, 0.05) is 31.1 Å². The molecule has 1 fully saturated rings. The maximum absolute atomic E-state index is 13.2. The van der Waals surface area contributed by atoms with E-state index in [-0.39, 0.29) is 5.91 Å². The van der Waals surface area contributed by atoms with Crippen molar-refractivity contribution in [1.82, 2.24) is 4.90 Å². The van der Waals surface area contributed by atoms with Gasteiger partial charge in [-0.25, -0.2) is 0 Å². The first kappa shape index (κ1) is 17.1. The van der Waals surface area contributed by atoms with Crippen molar-refractivity contribution >= 4 is 5.91 Å². The summed E-state index contributed by atoms with van der Waals surface area (Å²) in [6.07, 6.45) is 5.57. The van der Waals surface area contributed by atoms with Crippen molar-refractivity contribution in [2.24, 2.45) is 5.73 Å². The fourth-order valence-corrected chi connectivity index (χ4v) is 4.07. The third-order valence-corrected chi connectivity index (χ3v) is 5.57. The quantitative estimate of drug-likeness (QED) is 0.895. The Morgan fingerprint density at radius 2 is 1.81 bits per heavy atom. The number of carbonyl (C=O) groups excluding carboxylic acids is 1. The van der Waals surface area contributed by atoms with Crippen molar-refractivity contribution < 1.29 is 9.53 Å². The van der Waals surface area contributed by atoms with Crippen LogP contribution in [0.3, 0.4) is 0 Å². The summed E-state index contributed by atoms with van der Waals surface area (Å²) in [6, 6.07) is 14.4. The summed E-state index contributed by atoms with van der Waals surface area (Å²) in [5.41, 5.74) is 9.92. The normalized spacial score (nSPS) is 16.3. The summed E-state index contributed by atoms with van der Waals surface area (Å²) in [5.74, 6) is 1.11. The van der Waals surface area contributed by atoms with Gasteiger partial charge < -0.3 is 15.4 Å². The summed E-state index contributed by atoms with van der Waals surface area (Å²) in [5, 5.41) is 0. The van der Waals surface area contributed by atoms with Crippen LogP contribution in [-0.2, 0) is 19.5 Å². The molecule has 1 aliphatic heterocycles. The van der Waals surface area contributed by atoms with Crippen molar-refractivity contribution in [2.45, 2.75) is 51.2 Å². The number of nitrogens with two attached hydrogens (primary N) is 1. The van der Waals surface area contributed by atoms with Gasteiger partial charge in [0.2, 0.25) is 0 Å². The highest BCUT2D eigenvalue weighted by Gasteiger charge is 2.28. The SMILES string of the molecule is NCc1ccc(C(=O)N(Cc2ccc3c(c2)CCO3)C2CCCC2)cc1. The number of hydrogen-bond donors (Lipinski definition) is 1. The lowest BCUT2D eigenvalue weighted by Gasteiger charge is -2.29. The second-order valence-electron chi connectivity index (χ2n) is 7.31. The lowest BCUT2D eigenvalue weighted by molar-refractivity contribution is 0.0664. The molecule has 0 unspecified atom stereocenters. The Labute approximate surface area is 155 Å². The second-order valence-corrected chi connectivity index (χ2v) is 7.31. The van der Waals surface area contributed by atoms with Crippen LogP contribution in [0.25, 0.3) is 0 Å². The Bertz CT molecular complexity index is 779. The van der Waals surface area contributed by atoms with Crippen molar-refractivity contribution in [1.29, 1.82) is 0 Å². The Morgan fingerprint density at radius 3 is 2.54 bits per heavy atom. The molecule has 136 valence electrons. The molecule has 0 atom stereocenters. The smallest absolute Gasteiger partial charge is 0.254 e. The summed E-state index contributed by atoms with van der Waals surface area (Å²) >= 11 is 0. The van der Waals surface area contributed by atoms with E-state index in [2.05, 4.69) is 17.0 Å². The Kier molecular flexibility index (Phi) is 4.93. The molecule has 1 amide bonds. The summed E-state index contributed by atoms with van der Waals surface area (Å²) in [4.78, 5) is 15.3. The maximum atomic E-state index is 13.2. The van der Waals surface area contributed by atoms with Crippen LogP contribution in [0.1, 0.15) is 52.7 Å². The van der Waals surface area contributed by atoms with Gasteiger partial charge in [-0.3, -0.25) is 4.79 Å². The Hall–Kier alpha value is -2.33. The molecule has 1 aliphatic carbocycles. The van der Waals surface area contributed by atoms with E-state index in [1.54, 1.807) is 0 Å². The molecule has 0 radical (unpaired) electrons. The molecule has 2 aromatic carbocycles. The molecule has 0 saturated heterocycles. The Balaban J connectivity index is 1.58. The van der Waals surface area contributed by atoms with Crippen LogP contribution < -0.4 is 10.5 Å². The van der Waals surface area contributed by atoms with Crippen molar-refractivity contribution in [2.75, 3.05) is 6.61 Å². The zero-order chi connectivity index (χ0) is 17.9.